The van der Waals surface area contributed by atoms with E-state index >= 15 is 0 Å². The minimum Gasteiger partial charge on any atom is -0.493 e. The lowest BCUT2D eigenvalue weighted by Gasteiger charge is -2.28. The second-order valence-electron chi connectivity index (χ2n) is 13.1. The Hall–Kier alpha value is -6.51. The molecular weight excluding hydrogens is 711 g/mol. The van der Waals surface area contributed by atoms with Crippen LogP contribution in [0.2, 0.25) is 0 Å². The highest BCUT2D eigenvalue weighted by Crippen LogP contribution is 2.32. The maximum Gasteiger partial charge on any atom is 0.229 e. The highest BCUT2D eigenvalue weighted by Gasteiger charge is 2.16. The number of hydrogen-bond acceptors (Lipinski definition) is 8. The first-order chi connectivity index (χ1) is 26.6. The number of nitrogens with zero attached hydrogens (tertiary/aromatic N) is 4. The number of sulfonamides is 1. The maximum atomic E-state index is 13.4. The number of aryl methyl sites for hydroxylation is 1. The molecule has 0 spiro atoms. The van der Waals surface area contributed by atoms with Crippen LogP contribution in [0.3, 0.4) is 0 Å². The van der Waals surface area contributed by atoms with Gasteiger partial charge in [0.25, 0.3) is 0 Å². The van der Waals surface area contributed by atoms with Gasteiger partial charge in [-0.2, -0.15) is 0 Å². The molecule has 0 unspecified atom stereocenters. The van der Waals surface area contributed by atoms with Gasteiger partial charge in [0.2, 0.25) is 10.0 Å². The predicted octanol–water partition coefficient (Wildman–Crippen LogP) is 9.14. The van der Waals surface area contributed by atoms with E-state index in [9.17, 15) is 13.2 Å². The van der Waals surface area contributed by atoms with Crippen molar-refractivity contribution in [1.82, 2.24) is 9.97 Å². The fourth-order valence-corrected chi connectivity index (χ4v) is 6.69. The molecule has 0 atom stereocenters. The molecule has 2 aromatic heterocycles. The van der Waals surface area contributed by atoms with Gasteiger partial charge in [0, 0.05) is 68.0 Å². The van der Waals surface area contributed by atoms with Gasteiger partial charge in [-0.05, 0) is 89.7 Å². The fourth-order valence-electron chi connectivity index (χ4n) is 6.07. The van der Waals surface area contributed by atoms with Crippen LogP contribution in [0.1, 0.15) is 44.6 Å². The average molecular weight is 752 g/mol. The van der Waals surface area contributed by atoms with Crippen LogP contribution >= 0.6 is 0 Å². The van der Waals surface area contributed by atoms with E-state index in [1.807, 2.05) is 85.9 Å². The topological polar surface area (TPSA) is 115 Å². The van der Waals surface area contributed by atoms with Gasteiger partial charge in [0.15, 0.2) is 11.5 Å². The van der Waals surface area contributed by atoms with Crippen molar-refractivity contribution in [3.8, 4) is 17.2 Å². The Balaban J connectivity index is 1.21. The van der Waals surface area contributed by atoms with E-state index in [0.717, 1.165) is 39.8 Å². The van der Waals surface area contributed by atoms with Gasteiger partial charge < -0.3 is 14.4 Å². The molecule has 0 fully saturated rings. The quantitative estimate of drug-likeness (QED) is 0.0725. The van der Waals surface area contributed by atoms with Crippen molar-refractivity contribution >= 4 is 32.9 Å². The van der Waals surface area contributed by atoms with Gasteiger partial charge in [0.05, 0.1) is 25.1 Å². The number of carbonyl (C=O) groups excluding carboxylic acids is 1. The summed E-state index contributed by atoms with van der Waals surface area (Å²) in [6, 6.07) is 33.7. The first-order valence-electron chi connectivity index (χ1n) is 17.8. The maximum absolute atomic E-state index is 13.4. The summed E-state index contributed by atoms with van der Waals surface area (Å²) in [5, 5.41) is 0. The Morgan fingerprint density at radius 1 is 0.764 bits per heavy atom. The number of carbonyl (C=O) groups is 1. The smallest absolute Gasteiger partial charge is 0.229 e. The van der Waals surface area contributed by atoms with E-state index < -0.39 is 10.0 Å². The summed E-state index contributed by atoms with van der Waals surface area (Å²) in [7, 11) is -3.48. The summed E-state index contributed by atoms with van der Waals surface area (Å²) in [6.45, 7) is 10.6. The van der Waals surface area contributed by atoms with Crippen LogP contribution < -0.4 is 19.1 Å². The molecule has 0 bridgehead atoms. The van der Waals surface area contributed by atoms with E-state index in [1.165, 1.54) is 0 Å². The van der Waals surface area contributed by atoms with Crippen LogP contribution in [0.5, 0.6) is 17.2 Å². The minimum absolute atomic E-state index is 0.0309. The summed E-state index contributed by atoms with van der Waals surface area (Å²) in [5.41, 5.74) is 7.25. The summed E-state index contributed by atoms with van der Waals surface area (Å²) >= 11 is 0. The molecule has 0 amide bonds. The number of Topliss-reactive ketones (excluding diaryl/α,β-unsaturated/α-hetero) is 1. The first kappa shape index (κ1) is 38.2. The second-order valence-corrected chi connectivity index (χ2v) is 14.9. The first-order valence-corrected chi connectivity index (χ1v) is 19.7. The summed E-state index contributed by atoms with van der Waals surface area (Å²) in [4.78, 5) is 27.4. The van der Waals surface area contributed by atoms with Crippen LogP contribution in [-0.4, -0.2) is 37.0 Å². The molecule has 6 aromatic rings. The Kier molecular flexibility index (Phi) is 12.5. The highest BCUT2D eigenvalue weighted by molar-refractivity contribution is 7.92. The van der Waals surface area contributed by atoms with E-state index in [1.54, 1.807) is 55.0 Å². The van der Waals surface area contributed by atoms with Crippen molar-refractivity contribution in [2.24, 2.45) is 0 Å². The molecule has 0 aliphatic carbocycles. The third-order valence-electron chi connectivity index (χ3n) is 8.86. The van der Waals surface area contributed by atoms with Crippen LogP contribution in [0.4, 0.5) is 17.1 Å². The third kappa shape index (κ3) is 11.2. The number of nitrogens with one attached hydrogen (secondary N) is 1. The number of aromatic nitrogens is 2. The monoisotopic (exact) mass is 751 g/mol. The number of rotatable bonds is 17. The SMILES string of the molecule is [C-]#[N+]c1ccc(CN(Cc2ccc(Oc3cc(OCCc4cccnc4)cc(C(=O)CCc4cccnc4)c3)cc2)c2cccc(NS(C)(=O)=O)c2C)cc1. The molecule has 1 N–H and O–H groups in total. The third-order valence-corrected chi connectivity index (χ3v) is 9.45. The van der Waals surface area contributed by atoms with Gasteiger partial charge >= 0.3 is 0 Å². The molecule has 278 valence electrons. The van der Waals surface area contributed by atoms with Crippen molar-refractivity contribution < 1.29 is 22.7 Å². The largest absolute Gasteiger partial charge is 0.493 e. The zero-order valence-electron chi connectivity index (χ0n) is 30.7. The van der Waals surface area contributed by atoms with E-state index in [0.29, 0.717) is 73.1 Å². The molecule has 0 aliphatic rings. The van der Waals surface area contributed by atoms with Gasteiger partial charge in [-0.15, -0.1) is 0 Å². The Labute approximate surface area is 322 Å². The van der Waals surface area contributed by atoms with Gasteiger partial charge in [0.1, 0.15) is 17.2 Å². The van der Waals surface area contributed by atoms with Gasteiger partial charge in [-0.25, -0.2) is 13.3 Å². The van der Waals surface area contributed by atoms with Crippen molar-refractivity contribution in [2.45, 2.75) is 39.3 Å². The number of ketones is 1. The highest BCUT2D eigenvalue weighted by atomic mass is 32.2. The molecule has 10 nitrogen and oxygen atoms in total. The number of benzene rings is 4. The molecule has 0 saturated heterocycles. The minimum atomic E-state index is -3.48. The zero-order chi connectivity index (χ0) is 38.6. The van der Waals surface area contributed by atoms with E-state index in [4.69, 9.17) is 16.0 Å². The number of hydrogen-bond donors (Lipinski definition) is 1. The molecular formula is C44H41N5O5S. The molecule has 2 heterocycles. The summed E-state index contributed by atoms with van der Waals surface area (Å²) in [5.74, 6) is 1.57. The van der Waals surface area contributed by atoms with Gasteiger partial charge in [-0.3, -0.25) is 19.5 Å². The summed E-state index contributed by atoms with van der Waals surface area (Å²) in [6.07, 6.45) is 9.69. The van der Waals surface area contributed by atoms with Crippen LogP contribution in [0.25, 0.3) is 4.85 Å². The molecule has 11 heteroatoms. The molecule has 4 aromatic carbocycles. The zero-order valence-corrected chi connectivity index (χ0v) is 31.5. The Bertz CT molecular complexity index is 2370. The molecule has 6 rings (SSSR count). The standard InChI is InChI=1S/C44H41N5O5S/c1-32-42(48-55(3,51)52)9-4-10-43(32)49(30-35-11-16-38(45-2)17-12-35)31-36-13-18-39(19-14-36)54-41-26-37(44(50)20-15-33-7-5-22-46-28-33)25-40(27-41)53-24-21-34-8-6-23-47-29-34/h4-14,16-19,22-23,25-29,48H,15,20-21,24,30-31H2,1,3H3. The van der Waals surface area contributed by atoms with Crippen LogP contribution in [0, 0.1) is 13.5 Å². The molecule has 0 radical (unpaired) electrons. The van der Waals surface area contributed by atoms with Crippen molar-refractivity contribution in [3.63, 3.8) is 0 Å². The molecule has 55 heavy (non-hydrogen) atoms. The van der Waals surface area contributed by atoms with Crippen molar-refractivity contribution in [1.29, 1.82) is 0 Å². The lowest BCUT2D eigenvalue weighted by Crippen LogP contribution is -2.23. The molecule has 0 saturated carbocycles. The van der Waals surface area contributed by atoms with Crippen molar-refractivity contribution in [3.05, 3.63) is 179 Å². The number of ether oxygens (including phenoxy) is 2. The lowest BCUT2D eigenvalue weighted by atomic mass is 10.0. The second kappa shape index (κ2) is 18.0. The molecule has 0 aliphatic heterocycles. The average Bonchev–Trinajstić information content (AvgIpc) is 3.19. The number of anilines is 2. The van der Waals surface area contributed by atoms with Crippen molar-refractivity contribution in [2.75, 3.05) is 22.5 Å². The number of pyridine rings is 2. The fraction of sp³-hybridized carbons (Fsp3) is 0.182. The lowest BCUT2D eigenvalue weighted by molar-refractivity contribution is 0.0982. The van der Waals surface area contributed by atoms with E-state index in [-0.39, 0.29) is 5.78 Å². The van der Waals surface area contributed by atoms with E-state index in [2.05, 4.69) is 24.4 Å². The van der Waals surface area contributed by atoms with Gasteiger partial charge in [-0.1, -0.05) is 54.6 Å². The normalized spacial score (nSPS) is 11.0. The Morgan fingerprint density at radius 2 is 1.40 bits per heavy atom. The summed E-state index contributed by atoms with van der Waals surface area (Å²) < 4.78 is 39.3. The predicted molar refractivity (Wildman–Crippen MR) is 216 cm³/mol. The van der Waals surface area contributed by atoms with Crippen LogP contribution in [0.15, 0.2) is 134 Å². The Morgan fingerprint density at radius 3 is 2.02 bits per heavy atom. The van der Waals surface area contributed by atoms with Crippen LogP contribution in [-0.2, 0) is 36.0 Å².